The van der Waals surface area contributed by atoms with Crippen molar-refractivity contribution < 1.29 is 9.59 Å². The van der Waals surface area contributed by atoms with Crippen LogP contribution in [0, 0.1) is 13.8 Å². The molecule has 0 spiro atoms. The molecule has 0 saturated carbocycles. The van der Waals surface area contributed by atoms with E-state index in [4.69, 9.17) is 0 Å². The van der Waals surface area contributed by atoms with E-state index in [1.807, 2.05) is 13.0 Å². The van der Waals surface area contributed by atoms with E-state index in [1.165, 1.54) is 16.1 Å². The van der Waals surface area contributed by atoms with Crippen LogP contribution in [0.5, 0.6) is 0 Å². The molecule has 0 fully saturated rings. The molecule has 2 aromatic heterocycles. The van der Waals surface area contributed by atoms with Gasteiger partial charge in [-0.15, -0.1) is 26.3 Å². The highest BCUT2D eigenvalue weighted by atomic mass is 32.1. The number of nitrogens with zero attached hydrogens (tertiary/aromatic N) is 5. The number of tetrazole rings is 1. The molecule has 3 aromatic rings. The van der Waals surface area contributed by atoms with Crippen molar-refractivity contribution >= 4 is 28.3 Å². The molecule has 9 nitrogen and oxygen atoms in total. The highest BCUT2D eigenvalue weighted by Gasteiger charge is 2.23. The van der Waals surface area contributed by atoms with Gasteiger partial charge in [0.15, 0.2) is 11.0 Å². The quantitative estimate of drug-likeness (QED) is 0.391. The number of anilines is 1. The lowest BCUT2D eigenvalue weighted by atomic mass is 9.94. The molecule has 188 valence electrons. The van der Waals surface area contributed by atoms with Crippen molar-refractivity contribution in [3.63, 3.8) is 0 Å². The van der Waals surface area contributed by atoms with Crippen molar-refractivity contribution in [2.24, 2.45) is 0 Å². The third-order valence-corrected chi connectivity index (χ3v) is 7.00. The Balaban J connectivity index is 1.68. The van der Waals surface area contributed by atoms with E-state index in [1.54, 1.807) is 25.1 Å². The number of benzene rings is 1. The number of aromatic nitrogens is 5. The van der Waals surface area contributed by atoms with Crippen molar-refractivity contribution in [2.75, 3.05) is 5.32 Å². The minimum atomic E-state index is -0.285. The molecule has 0 bridgehead atoms. The first kappa shape index (κ1) is 26.5. The van der Waals surface area contributed by atoms with Crippen molar-refractivity contribution in [1.29, 1.82) is 0 Å². The first-order valence-electron chi connectivity index (χ1n) is 12.0. The van der Waals surface area contributed by atoms with E-state index < -0.39 is 0 Å². The summed E-state index contributed by atoms with van der Waals surface area (Å²) in [5, 5.41) is 18.6. The number of amides is 2. The van der Waals surface area contributed by atoms with Crippen LogP contribution in [0.25, 0.3) is 5.69 Å². The maximum atomic E-state index is 13.1. The smallest absolute Gasteiger partial charge is 0.251 e. The van der Waals surface area contributed by atoms with Gasteiger partial charge in [-0.3, -0.25) is 9.59 Å². The number of unbranched alkanes of at least 4 members (excludes halogenated alkanes) is 2. The zero-order chi connectivity index (χ0) is 25.6. The molecule has 1 aromatic carbocycles. The second-order valence-electron chi connectivity index (χ2n) is 9.78. The first-order valence-corrected chi connectivity index (χ1v) is 12.8. The van der Waals surface area contributed by atoms with Gasteiger partial charge in [-0.05, 0) is 49.1 Å². The van der Waals surface area contributed by atoms with E-state index in [0.717, 1.165) is 36.3 Å². The van der Waals surface area contributed by atoms with E-state index in [2.05, 4.69) is 58.7 Å². The summed E-state index contributed by atoms with van der Waals surface area (Å²) in [4.78, 5) is 33.0. The molecular weight excluding hydrogens is 462 g/mol. The van der Waals surface area contributed by atoms with Gasteiger partial charge in [0.05, 0.1) is 11.4 Å². The molecule has 0 unspecified atom stereocenters. The normalized spacial score (nSPS) is 12.4. The van der Waals surface area contributed by atoms with Crippen LogP contribution >= 0.6 is 11.3 Å². The number of aryl methyl sites for hydroxylation is 2. The SMILES string of the molecule is CCCCC[C@@H](CC(=O)Nc1nc(C)c(C(C)(C)C)s1)NC(=O)c1cccc(-n2nnc(C)n2)c1. The van der Waals surface area contributed by atoms with E-state index in [9.17, 15) is 9.59 Å². The number of hydrogen-bond acceptors (Lipinski definition) is 7. The molecule has 2 N–H and O–H groups in total. The van der Waals surface area contributed by atoms with Gasteiger partial charge in [-0.2, -0.15) is 0 Å². The summed E-state index contributed by atoms with van der Waals surface area (Å²) < 4.78 is 0. The molecule has 0 radical (unpaired) electrons. The Hall–Kier alpha value is -3.14. The number of thiazole rings is 1. The second-order valence-corrected chi connectivity index (χ2v) is 10.8. The number of hydrogen-bond donors (Lipinski definition) is 2. The molecule has 3 rings (SSSR count). The lowest BCUT2D eigenvalue weighted by Crippen LogP contribution is -2.37. The van der Waals surface area contributed by atoms with Gasteiger partial charge in [-0.1, -0.05) is 53.0 Å². The van der Waals surface area contributed by atoms with Gasteiger partial charge < -0.3 is 10.6 Å². The van der Waals surface area contributed by atoms with Crippen molar-refractivity contribution in [2.45, 2.75) is 85.1 Å². The van der Waals surface area contributed by atoms with Crippen LogP contribution in [0.3, 0.4) is 0 Å². The highest BCUT2D eigenvalue weighted by molar-refractivity contribution is 7.16. The summed E-state index contributed by atoms with van der Waals surface area (Å²) in [5.41, 5.74) is 2.02. The van der Waals surface area contributed by atoms with E-state index in [0.29, 0.717) is 22.2 Å². The molecule has 0 aliphatic heterocycles. The zero-order valence-electron chi connectivity index (χ0n) is 21.4. The van der Waals surface area contributed by atoms with Gasteiger partial charge >= 0.3 is 0 Å². The van der Waals surface area contributed by atoms with E-state index in [-0.39, 0.29) is 29.7 Å². The summed E-state index contributed by atoms with van der Waals surface area (Å²) >= 11 is 1.51. The maximum Gasteiger partial charge on any atom is 0.251 e. The van der Waals surface area contributed by atoms with Crippen molar-refractivity contribution in [3.05, 3.63) is 46.2 Å². The van der Waals surface area contributed by atoms with Crippen molar-refractivity contribution in [3.8, 4) is 5.69 Å². The number of rotatable bonds is 10. The first-order chi connectivity index (χ1) is 16.6. The minimum absolute atomic E-state index is 0.0314. The Kier molecular flexibility index (Phi) is 8.71. The Morgan fingerprint density at radius 2 is 1.94 bits per heavy atom. The molecule has 1 atom stereocenters. The van der Waals surface area contributed by atoms with Gasteiger partial charge in [0, 0.05) is 22.9 Å². The number of carbonyl (C=O) groups is 2. The fraction of sp³-hybridized carbons (Fsp3) is 0.520. The molecule has 0 saturated heterocycles. The molecular formula is C25H35N7O2S. The van der Waals surface area contributed by atoms with Crippen LogP contribution in [-0.4, -0.2) is 43.0 Å². The predicted molar refractivity (Wildman–Crippen MR) is 138 cm³/mol. The number of nitrogens with one attached hydrogen (secondary N) is 2. The monoisotopic (exact) mass is 497 g/mol. The molecule has 2 amide bonds. The Labute approximate surface area is 210 Å². The second kappa shape index (κ2) is 11.5. The summed E-state index contributed by atoms with van der Waals surface area (Å²) in [5.74, 6) is 0.155. The maximum absolute atomic E-state index is 13.1. The fourth-order valence-corrected chi connectivity index (χ4v) is 4.88. The van der Waals surface area contributed by atoms with Crippen LogP contribution in [0.1, 0.15) is 86.6 Å². The van der Waals surface area contributed by atoms with Crippen LogP contribution in [0.15, 0.2) is 24.3 Å². The standard InChI is InChI=1S/C25H35N7O2S/c1-7-8-9-12-19(15-21(33)28-24-26-16(2)22(35-24)25(4,5)6)27-23(34)18-11-10-13-20(14-18)32-30-17(3)29-31-32/h10-11,13-14,19H,7-9,12,15H2,1-6H3,(H,27,34)(H,26,28,33)/t19-/m0/s1. The molecule has 2 heterocycles. The Morgan fingerprint density at radius 3 is 2.57 bits per heavy atom. The van der Waals surface area contributed by atoms with Gasteiger partial charge in [0.2, 0.25) is 5.91 Å². The van der Waals surface area contributed by atoms with Gasteiger partial charge in [0.1, 0.15) is 0 Å². The van der Waals surface area contributed by atoms with Crippen LogP contribution < -0.4 is 10.6 Å². The van der Waals surface area contributed by atoms with Gasteiger partial charge in [-0.25, -0.2) is 4.98 Å². The van der Waals surface area contributed by atoms with Crippen LogP contribution in [0.4, 0.5) is 5.13 Å². The topological polar surface area (TPSA) is 115 Å². The lowest BCUT2D eigenvalue weighted by Gasteiger charge is -2.18. The van der Waals surface area contributed by atoms with E-state index >= 15 is 0 Å². The fourth-order valence-electron chi connectivity index (χ4n) is 3.84. The largest absolute Gasteiger partial charge is 0.349 e. The predicted octanol–water partition coefficient (Wildman–Crippen LogP) is 4.74. The average Bonchev–Trinajstić information content (AvgIpc) is 3.39. The summed E-state index contributed by atoms with van der Waals surface area (Å²) in [7, 11) is 0. The summed E-state index contributed by atoms with van der Waals surface area (Å²) in [6, 6.07) is 6.75. The van der Waals surface area contributed by atoms with Gasteiger partial charge in [0.25, 0.3) is 5.91 Å². The number of carbonyl (C=O) groups excluding carboxylic acids is 2. The minimum Gasteiger partial charge on any atom is -0.349 e. The zero-order valence-corrected chi connectivity index (χ0v) is 22.2. The van der Waals surface area contributed by atoms with Crippen LogP contribution in [-0.2, 0) is 10.2 Å². The summed E-state index contributed by atoms with van der Waals surface area (Å²) in [6.45, 7) is 12.2. The average molecular weight is 498 g/mol. The Bertz CT molecular complexity index is 1160. The van der Waals surface area contributed by atoms with Crippen LogP contribution in [0.2, 0.25) is 0 Å². The third-order valence-electron chi connectivity index (χ3n) is 5.50. The molecule has 0 aliphatic rings. The molecule has 0 aliphatic carbocycles. The molecule has 10 heteroatoms. The lowest BCUT2D eigenvalue weighted by molar-refractivity contribution is -0.116. The van der Waals surface area contributed by atoms with Crippen molar-refractivity contribution in [1.82, 2.24) is 30.5 Å². The highest BCUT2D eigenvalue weighted by Crippen LogP contribution is 2.33. The summed E-state index contributed by atoms with van der Waals surface area (Å²) in [6.07, 6.45) is 3.94. The third kappa shape index (κ3) is 7.42. The Morgan fingerprint density at radius 1 is 1.17 bits per heavy atom. The molecule has 35 heavy (non-hydrogen) atoms.